The van der Waals surface area contributed by atoms with Crippen LogP contribution in [0.15, 0.2) is 30.3 Å². The summed E-state index contributed by atoms with van der Waals surface area (Å²) in [6, 6.07) is 11.4. The summed E-state index contributed by atoms with van der Waals surface area (Å²) >= 11 is 5.54. The van der Waals surface area contributed by atoms with Crippen LogP contribution in [0.1, 0.15) is 53.0 Å². The lowest BCUT2D eigenvalue weighted by Crippen LogP contribution is -2.62. The van der Waals surface area contributed by atoms with Gasteiger partial charge in [0, 0.05) is 17.6 Å². The summed E-state index contributed by atoms with van der Waals surface area (Å²) in [5, 5.41) is 3.61. The molecule has 2 atom stereocenters. The molecular weight excluding hydrogens is 288 g/mol. The minimum Gasteiger partial charge on any atom is -0.371 e. The van der Waals surface area contributed by atoms with E-state index in [1.54, 1.807) is 0 Å². The van der Waals surface area contributed by atoms with Gasteiger partial charge < -0.3 is 5.32 Å². The van der Waals surface area contributed by atoms with Gasteiger partial charge in [-0.05, 0) is 38.8 Å². The van der Waals surface area contributed by atoms with E-state index >= 15 is 0 Å². The van der Waals surface area contributed by atoms with Gasteiger partial charge in [-0.1, -0.05) is 70.2 Å². The number of nitrogens with one attached hydrogen (secondary N) is 1. The average Bonchev–Trinajstić information content (AvgIpc) is 2.62. The van der Waals surface area contributed by atoms with Crippen LogP contribution in [-0.4, -0.2) is 35.1 Å². The van der Waals surface area contributed by atoms with Gasteiger partial charge >= 0.3 is 0 Å². The highest BCUT2D eigenvalue weighted by Gasteiger charge is 2.39. The van der Waals surface area contributed by atoms with Crippen LogP contribution >= 0.6 is 12.2 Å². The van der Waals surface area contributed by atoms with Gasteiger partial charge in [0.15, 0.2) is 0 Å². The molecule has 0 aromatic heterocycles. The van der Waals surface area contributed by atoms with E-state index < -0.39 is 0 Å². The molecule has 1 aromatic rings. The van der Waals surface area contributed by atoms with Crippen molar-refractivity contribution in [1.82, 2.24) is 10.2 Å². The Morgan fingerprint density at radius 1 is 1.05 bits per heavy atom. The van der Waals surface area contributed by atoms with Crippen LogP contribution in [0, 0.1) is 5.92 Å². The second kappa shape index (κ2) is 9.96. The lowest BCUT2D eigenvalue weighted by atomic mass is 9.79. The maximum atomic E-state index is 5.54. The first-order valence-corrected chi connectivity index (χ1v) is 9.26. The predicted octanol–water partition coefficient (Wildman–Crippen LogP) is 4.49. The van der Waals surface area contributed by atoms with Crippen molar-refractivity contribution in [2.24, 2.45) is 5.92 Å². The molecule has 0 saturated carbocycles. The largest absolute Gasteiger partial charge is 0.371 e. The summed E-state index contributed by atoms with van der Waals surface area (Å²) in [7, 11) is 0. The Kier molecular flexibility index (Phi) is 8.66. The number of nitrogens with zero attached hydrogens (tertiary/aromatic N) is 1. The van der Waals surface area contributed by atoms with E-state index in [0.29, 0.717) is 12.1 Å². The fraction of sp³-hybridized carbons (Fsp3) is 0.632. The zero-order valence-corrected chi connectivity index (χ0v) is 15.6. The minimum absolute atomic E-state index is 0.528. The predicted molar refractivity (Wildman–Crippen MR) is 102 cm³/mol. The highest BCUT2D eigenvalue weighted by Crippen LogP contribution is 2.32. The molecule has 0 aliphatic carbocycles. The van der Waals surface area contributed by atoms with Crippen LogP contribution in [0.25, 0.3) is 0 Å². The SMILES string of the molecule is CC.CC.CC1C(NC(=S)c2ccccc2)C2CCN1CC2. The summed E-state index contributed by atoms with van der Waals surface area (Å²) in [6.07, 6.45) is 2.64. The average molecular weight is 321 g/mol. The first kappa shape index (κ1) is 19.1. The van der Waals surface area contributed by atoms with Crippen LogP contribution in [0.5, 0.6) is 0 Å². The molecule has 1 aromatic carbocycles. The monoisotopic (exact) mass is 320 g/mol. The van der Waals surface area contributed by atoms with E-state index in [1.807, 2.05) is 45.9 Å². The normalized spacial score (nSPS) is 28.6. The van der Waals surface area contributed by atoms with Crippen molar-refractivity contribution in [3.8, 4) is 0 Å². The number of thiocarbonyl (C=S) groups is 1. The van der Waals surface area contributed by atoms with E-state index in [-0.39, 0.29) is 0 Å². The molecule has 1 N–H and O–H groups in total. The Hall–Kier alpha value is -0.930. The number of fused-ring (bicyclic) bond motifs is 3. The van der Waals surface area contributed by atoms with Gasteiger partial charge in [-0.15, -0.1) is 0 Å². The van der Waals surface area contributed by atoms with Gasteiger partial charge in [-0.2, -0.15) is 0 Å². The molecule has 0 amide bonds. The fourth-order valence-corrected chi connectivity index (χ4v) is 3.64. The Balaban J connectivity index is 0.000000561. The van der Waals surface area contributed by atoms with E-state index in [9.17, 15) is 0 Å². The maximum absolute atomic E-state index is 5.54. The second-order valence-electron chi connectivity index (χ2n) is 5.48. The Morgan fingerprint density at radius 2 is 1.59 bits per heavy atom. The van der Waals surface area contributed by atoms with Crippen molar-refractivity contribution in [1.29, 1.82) is 0 Å². The molecule has 3 aliphatic heterocycles. The third kappa shape index (κ3) is 4.53. The summed E-state index contributed by atoms with van der Waals surface area (Å²) < 4.78 is 0. The zero-order chi connectivity index (χ0) is 16.5. The molecular formula is C19H32N2S. The van der Waals surface area contributed by atoms with Crippen LogP contribution in [0.3, 0.4) is 0 Å². The van der Waals surface area contributed by atoms with E-state index in [0.717, 1.165) is 16.5 Å². The van der Waals surface area contributed by atoms with Gasteiger partial charge in [-0.3, -0.25) is 4.90 Å². The number of rotatable bonds is 2. The maximum Gasteiger partial charge on any atom is 0.106 e. The minimum atomic E-state index is 0.528. The third-order valence-corrected chi connectivity index (χ3v) is 4.87. The third-order valence-electron chi connectivity index (χ3n) is 4.51. The zero-order valence-electron chi connectivity index (χ0n) is 14.8. The highest BCUT2D eigenvalue weighted by atomic mass is 32.1. The Morgan fingerprint density at radius 3 is 2.09 bits per heavy atom. The van der Waals surface area contributed by atoms with Gasteiger partial charge in [-0.25, -0.2) is 0 Å². The molecule has 4 rings (SSSR count). The molecule has 3 fully saturated rings. The lowest BCUT2D eigenvalue weighted by Gasteiger charge is -2.50. The molecule has 2 nitrogen and oxygen atoms in total. The standard InChI is InChI=1S/C15H20N2S.2C2H6/c1-11-14(12-7-9-17(11)10-8-12)16-15(18)13-5-3-2-4-6-13;2*1-2/h2-6,11-12,14H,7-10H2,1H3,(H,16,18);2*1-2H3. The molecule has 3 heteroatoms. The Bertz CT molecular complexity index is 422. The summed E-state index contributed by atoms with van der Waals surface area (Å²) in [5.74, 6) is 0.798. The van der Waals surface area contributed by atoms with Crippen molar-refractivity contribution in [2.75, 3.05) is 13.1 Å². The van der Waals surface area contributed by atoms with Crippen molar-refractivity contribution in [3.05, 3.63) is 35.9 Å². The molecule has 0 radical (unpaired) electrons. The molecule has 3 aliphatic rings. The van der Waals surface area contributed by atoms with Gasteiger partial charge in [0.1, 0.15) is 4.99 Å². The lowest BCUT2D eigenvalue weighted by molar-refractivity contribution is 0.0303. The first-order chi connectivity index (χ1) is 10.8. The van der Waals surface area contributed by atoms with Gasteiger partial charge in [0.2, 0.25) is 0 Å². The van der Waals surface area contributed by atoms with Crippen LogP contribution < -0.4 is 5.32 Å². The topological polar surface area (TPSA) is 15.3 Å². The molecule has 124 valence electrons. The van der Waals surface area contributed by atoms with Crippen molar-refractivity contribution in [2.45, 2.75) is 59.5 Å². The smallest absolute Gasteiger partial charge is 0.106 e. The first-order valence-electron chi connectivity index (χ1n) is 8.85. The number of hydrogen-bond acceptors (Lipinski definition) is 2. The molecule has 22 heavy (non-hydrogen) atoms. The molecule has 0 spiro atoms. The van der Waals surface area contributed by atoms with E-state index in [1.165, 1.54) is 25.9 Å². The van der Waals surface area contributed by atoms with Crippen LogP contribution in [-0.2, 0) is 0 Å². The summed E-state index contributed by atoms with van der Waals surface area (Å²) in [4.78, 5) is 3.49. The fourth-order valence-electron chi connectivity index (χ4n) is 3.37. The number of piperidine rings is 3. The molecule has 3 heterocycles. The molecule has 2 bridgehead atoms. The van der Waals surface area contributed by atoms with E-state index in [4.69, 9.17) is 12.2 Å². The second-order valence-corrected chi connectivity index (χ2v) is 5.89. The number of hydrogen-bond donors (Lipinski definition) is 1. The van der Waals surface area contributed by atoms with Crippen molar-refractivity contribution >= 4 is 17.2 Å². The van der Waals surface area contributed by atoms with Gasteiger partial charge in [0.05, 0.1) is 0 Å². The van der Waals surface area contributed by atoms with Crippen molar-refractivity contribution < 1.29 is 0 Å². The van der Waals surface area contributed by atoms with E-state index in [2.05, 4.69) is 29.3 Å². The molecule has 3 saturated heterocycles. The summed E-state index contributed by atoms with van der Waals surface area (Å²) in [5.41, 5.74) is 1.14. The van der Waals surface area contributed by atoms with Crippen LogP contribution in [0.2, 0.25) is 0 Å². The number of benzene rings is 1. The quantitative estimate of drug-likeness (QED) is 0.809. The van der Waals surface area contributed by atoms with Crippen LogP contribution in [0.4, 0.5) is 0 Å². The summed E-state index contributed by atoms with van der Waals surface area (Å²) in [6.45, 7) is 12.9. The Labute approximate surface area is 142 Å². The van der Waals surface area contributed by atoms with Gasteiger partial charge in [0.25, 0.3) is 0 Å². The molecule has 2 unspecified atom stereocenters. The van der Waals surface area contributed by atoms with Crippen molar-refractivity contribution in [3.63, 3.8) is 0 Å². The highest BCUT2D eigenvalue weighted by molar-refractivity contribution is 7.80.